The summed E-state index contributed by atoms with van der Waals surface area (Å²) < 4.78 is 7.99. The summed E-state index contributed by atoms with van der Waals surface area (Å²) in [5, 5.41) is 3.40. The van der Waals surface area contributed by atoms with Crippen molar-refractivity contribution in [3.63, 3.8) is 0 Å². The Bertz CT molecular complexity index is 642. The standard InChI is InChI=1S/C16H15Br2NO/c1-19-15(12-6-5-11(17)9-14(12)18)13-4-2-3-10-7-8-20-16(10)13/h2-6,9,15,19H,7-8H2,1H3. The van der Waals surface area contributed by atoms with Gasteiger partial charge >= 0.3 is 0 Å². The fourth-order valence-corrected chi connectivity index (χ4v) is 3.96. The summed E-state index contributed by atoms with van der Waals surface area (Å²) in [5.74, 6) is 1.04. The van der Waals surface area contributed by atoms with Crippen LogP contribution in [0, 0.1) is 0 Å². The molecular weight excluding hydrogens is 382 g/mol. The van der Waals surface area contributed by atoms with Gasteiger partial charge in [-0.3, -0.25) is 0 Å². The smallest absolute Gasteiger partial charge is 0.127 e. The van der Waals surface area contributed by atoms with Gasteiger partial charge in [0.1, 0.15) is 5.75 Å². The quantitative estimate of drug-likeness (QED) is 0.827. The maximum absolute atomic E-state index is 5.83. The molecule has 2 nitrogen and oxygen atoms in total. The Morgan fingerprint density at radius 1 is 1.15 bits per heavy atom. The molecule has 1 unspecified atom stereocenters. The van der Waals surface area contributed by atoms with Crippen molar-refractivity contribution in [2.45, 2.75) is 12.5 Å². The Balaban J connectivity index is 2.09. The number of rotatable bonds is 3. The molecule has 0 saturated carbocycles. The number of hydrogen-bond donors (Lipinski definition) is 1. The van der Waals surface area contributed by atoms with Gasteiger partial charge in [-0.05, 0) is 30.3 Å². The summed E-state index contributed by atoms with van der Waals surface area (Å²) in [4.78, 5) is 0. The van der Waals surface area contributed by atoms with Crippen LogP contribution >= 0.6 is 31.9 Å². The van der Waals surface area contributed by atoms with Crippen molar-refractivity contribution in [3.05, 3.63) is 62.0 Å². The SMILES string of the molecule is CNC(c1ccc(Br)cc1Br)c1cccc2c1OCC2. The molecule has 0 bridgehead atoms. The second-order valence-corrected chi connectivity index (χ2v) is 6.59. The van der Waals surface area contributed by atoms with Crippen LogP contribution in [0.2, 0.25) is 0 Å². The normalized spacial score (nSPS) is 14.8. The van der Waals surface area contributed by atoms with Crippen LogP contribution in [-0.2, 0) is 6.42 Å². The molecule has 3 rings (SSSR count). The van der Waals surface area contributed by atoms with Crippen molar-refractivity contribution in [1.29, 1.82) is 0 Å². The van der Waals surface area contributed by atoms with Crippen molar-refractivity contribution >= 4 is 31.9 Å². The molecule has 0 spiro atoms. The summed E-state index contributed by atoms with van der Waals surface area (Å²) in [7, 11) is 1.98. The fraction of sp³-hybridized carbons (Fsp3) is 0.250. The van der Waals surface area contributed by atoms with Gasteiger partial charge in [-0.2, -0.15) is 0 Å². The average molecular weight is 397 g/mol. The Morgan fingerprint density at radius 3 is 2.75 bits per heavy atom. The highest BCUT2D eigenvalue weighted by molar-refractivity contribution is 9.11. The molecule has 20 heavy (non-hydrogen) atoms. The van der Waals surface area contributed by atoms with E-state index >= 15 is 0 Å². The Kier molecular flexibility index (Phi) is 4.15. The van der Waals surface area contributed by atoms with Gasteiger partial charge in [0, 0.05) is 20.9 Å². The molecule has 0 aliphatic carbocycles. The molecule has 0 aromatic heterocycles. The van der Waals surface area contributed by atoms with Gasteiger partial charge < -0.3 is 10.1 Å². The molecule has 1 atom stereocenters. The van der Waals surface area contributed by atoms with E-state index in [4.69, 9.17) is 4.74 Å². The first kappa shape index (κ1) is 14.1. The van der Waals surface area contributed by atoms with E-state index in [-0.39, 0.29) is 6.04 Å². The molecule has 1 aliphatic heterocycles. The van der Waals surface area contributed by atoms with Gasteiger partial charge in [0.25, 0.3) is 0 Å². The summed E-state index contributed by atoms with van der Waals surface area (Å²) in [6.07, 6.45) is 1.00. The first-order chi connectivity index (χ1) is 9.70. The van der Waals surface area contributed by atoms with Crippen LogP contribution in [0.3, 0.4) is 0 Å². The fourth-order valence-electron chi connectivity index (χ4n) is 2.68. The van der Waals surface area contributed by atoms with Crippen LogP contribution in [0.4, 0.5) is 0 Å². The molecule has 0 saturated heterocycles. The van der Waals surface area contributed by atoms with E-state index < -0.39 is 0 Å². The maximum atomic E-state index is 5.83. The van der Waals surface area contributed by atoms with E-state index in [9.17, 15) is 0 Å². The summed E-state index contributed by atoms with van der Waals surface area (Å²) >= 11 is 7.15. The molecule has 1 aliphatic rings. The number of benzene rings is 2. The minimum atomic E-state index is 0.116. The van der Waals surface area contributed by atoms with E-state index in [0.29, 0.717) is 0 Å². The second kappa shape index (κ2) is 5.88. The first-order valence-corrected chi connectivity index (χ1v) is 8.16. The third-order valence-corrected chi connectivity index (χ3v) is 4.80. The van der Waals surface area contributed by atoms with Gasteiger partial charge in [-0.15, -0.1) is 0 Å². The van der Waals surface area contributed by atoms with Gasteiger partial charge in [0.05, 0.1) is 12.6 Å². The molecule has 0 radical (unpaired) electrons. The van der Waals surface area contributed by atoms with Gasteiger partial charge in [-0.1, -0.05) is 56.1 Å². The predicted octanol–water partition coefficient (Wildman–Crippen LogP) is 4.46. The highest BCUT2D eigenvalue weighted by atomic mass is 79.9. The van der Waals surface area contributed by atoms with Crippen LogP contribution in [0.1, 0.15) is 22.7 Å². The van der Waals surface area contributed by atoms with E-state index in [1.807, 2.05) is 7.05 Å². The van der Waals surface area contributed by atoms with Crippen molar-refractivity contribution in [2.24, 2.45) is 0 Å². The lowest BCUT2D eigenvalue weighted by Gasteiger charge is -2.21. The molecule has 1 N–H and O–H groups in total. The minimum absolute atomic E-state index is 0.116. The topological polar surface area (TPSA) is 21.3 Å². The Labute approximate surface area is 135 Å². The van der Waals surface area contributed by atoms with Crippen molar-refractivity contribution in [3.8, 4) is 5.75 Å². The number of halogens is 2. The molecule has 2 aromatic carbocycles. The minimum Gasteiger partial charge on any atom is -0.493 e. The molecule has 0 fully saturated rings. The summed E-state index contributed by atoms with van der Waals surface area (Å²) in [5.41, 5.74) is 3.71. The van der Waals surface area contributed by atoms with Crippen molar-refractivity contribution in [2.75, 3.05) is 13.7 Å². The van der Waals surface area contributed by atoms with Gasteiger partial charge in [0.2, 0.25) is 0 Å². The highest BCUT2D eigenvalue weighted by Crippen LogP contribution is 2.38. The second-order valence-electron chi connectivity index (χ2n) is 4.82. The molecule has 1 heterocycles. The molecular formula is C16H15Br2NO. The third-order valence-electron chi connectivity index (χ3n) is 3.62. The van der Waals surface area contributed by atoms with Gasteiger partial charge in [0.15, 0.2) is 0 Å². The van der Waals surface area contributed by atoms with E-state index in [1.165, 1.54) is 16.7 Å². The summed E-state index contributed by atoms with van der Waals surface area (Å²) in [6.45, 7) is 0.782. The monoisotopic (exact) mass is 395 g/mol. The van der Waals surface area contributed by atoms with Crippen LogP contribution in [0.15, 0.2) is 45.3 Å². The summed E-state index contributed by atoms with van der Waals surface area (Å²) in [6, 6.07) is 12.8. The zero-order chi connectivity index (χ0) is 14.1. The number of hydrogen-bond acceptors (Lipinski definition) is 2. The van der Waals surface area contributed by atoms with E-state index in [0.717, 1.165) is 27.7 Å². The molecule has 2 aromatic rings. The Hall–Kier alpha value is -0.840. The van der Waals surface area contributed by atoms with Crippen LogP contribution in [0.5, 0.6) is 5.75 Å². The molecule has 4 heteroatoms. The number of fused-ring (bicyclic) bond motifs is 1. The lowest BCUT2D eigenvalue weighted by molar-refractivity contribution is 0.351. The highest BCUT2D eigenvalue weighted by Gasteiger charge is 2.23. The number of nitrogens with one attached hydrogen (secondary N) is 1. The number of ether oxygens (including phenoxy) is 1. The van der Waals surface area contributed by atoms with Crippen molar-refractivity contribution in [1.82, 2.24) is 5.32 Å². The maximum Gasteiger partial charge on any atom is 0.127 e. The zero-order valence-electron chi connectivity index (χ0n) is 11.1. The van der Waals surface area contributed by atoms with Crippen LogP contribution in [0.25, 0.3) is 0 Å². The van der Waals surface area contributed by atoms with Crippen LogP contribution < -0.4 is 10.1 Å². The predicted molar refractivity (Wildman–Crippen MR) is 88.4 cm³/mol. The largest absolute Gasteiger partial charge is 0.493 e. The van der Waals surface area contributed by atoms with E-state index in [2.05, 4.69) is 73.6 Å². The Morgan fingerprint density at radius 2 is 2.00 bits per heavy atom. The average Bonchev–Trinajstić information content (AvgIpc) is 2.91. The van der Waals surface area contributed by atoms with Gasteiger partial charge in [-0.25, -0.2) is 0 Å². The third kappa shape index (κ3) is 2.52. The van der Waals surface area contributed by atoms with E-state index in [1.54, 1.807) is 0 Å². The molecule has 0 amide bonds. The number of para-hydroxylation sites is 1. The molecule has 104 valence electrons. The lowest BCUT2D eigenvalue weighted by Crippen LogP contribution is -2.18. The first-order valence-electron chi connectivity index (χ1n) is 6.57. The van der Waals surface area contributed by atoms with Crippen LogP contribution in [-0.4, -0.2) is 13.7 Å². The lowest BCUT2D eigenvalue weighted by atomic mass is 9.96. The van der Waals surface area contributed by atoms with Crippen molar-refractivity contribution < 1.29 is 4.74 Å². The zero-order valence-corrected chi connectivity index (χ0v) is 14.3.